The fraction of sp³-hybridized carbons (Fsp3) is 0.625. The first kappa shape index (κ1) is 17.2. The van der Waals surface area contributed by atoms with Gasteiger partial charge in [-0.25, -0.2) is 4.79 Å². The van der Waals surface area contributed by atoms with Gasteiger partial charge in [0, 0.05) is 38.9 Å². The number of amides is 2. The van der Waals surface area contributed by atoms with E-state index in [0.717, 1.165) is 0 Å². The maximum Gasteiger partial charge on any atom is 0.410 e. The largest absolute Gasteiger partial charge is 0.444 e. The number of rotatable bonds is 2. The molecule has 2 amide bonds. The number of nitrogens with two attached hydrogens (primary N) is 1. The molecule has 1 aliphatic heterocycles. The number of hydrogen-bond donors (Lipinski definition) is 1. The van der Waals surface area contributed by atoms with Crippen LogP contribution in [0.2, 0.25) is 0 Å². The van der Waals surface area contributed by atoms with Crippen molar-refractivity contribution in [3.8, 4) is 0 Å². The number of nitrogen functional groups attached to an aromatic ring is 1. The molecule has 1 saturated heterocycles. The summed E-state index contributed by atoms with van der Waals surface area (Å²) < 4.78 is 7.21. The minimum absolute atomic E-state index is 0.0487. The minimum Gasteiger partial charge on any atom is -0.444 e. The first-order chi connectivity index (χ1) is 10.7. The lowest BCUT2D eigenvalue weighted by Crippen LogP contribution is -2.51. The third-order valence-electron chi connectivity index (χ3n) is 3.70. The van der Waals surface area contributed by atoms with Gasteiger partial charge in [-0.15, -0.1) is 0 Å². The number of carbonyl (C=O) groups is 2. The molecule has 23 heavy (non-hydrogen) atoms. The molecule has 1 aromatic heterocycles. The molecule has 0 atom stereocenters. The molecule has 0 saturated carbocycles. The minimum atomic E-state index is -0.510. The normalized spacial score (nSPS) is 15.7. The van der Waals surface area contributed by atoms with Crippen LogP contribution in [0.5, 0.6) is 0 Å². The van der Waals surface area contributed by atoms with Crippen LogP contribution in [-0.2, 0) is 11.3 Å². The number of carbonyl (C=O) groups excluding carboxylic acids is 2. The summed E-state index contributed by atoms with van der Waals surface area (Å²) in [5.41, 5.74) is 6.45. The summed E-state index contributed by atoms with van der Waals surface area (Å²) >= 11 is 0. The number of aryl methyl sites for hydroxylation is 1. The summed E-state index contributed by atoms with van der Waals surface area (Å²) in [7, 11) is 0. The van der Waals surface area contributed by atoms with Gasteiger partial charge in [0.25, 0.3) is 5.91 Å². The predicted octanol–water partition coefficient (Wildman–Crippen LogP) is 1.78. The van der Waals surface area contributed by atoms with Crippen molar-refractivity contribution < 1.29 is 14.3 Å². The average Bonchev–Trinajstić information content (AvgIpc) is 2.86. The Bertz CT molecular complexity index is 581. The number of nitrogens with zero attached hydrogens (tertiary/aromatic N) is 3. The maximum absolute atomic E-state index is 12.6. The highest BCUT2D eigenvalue weighted by molar-refractivity contribution is 5.94. The van der Waals surface area contributed by atoms with Gasteiger partial charge in [0.05, 0.1) is 5.69 Å². The van der Waals surface area contributed by atoms with Crippen molar-refractivity contribution in [2.45, 2.75) is 39.8 Å². The number of piperazine rings is 1. The van der Waals surface area contributed by atoms with Crippen LogP contribution in [-0.4, -0.2) is 58.1 Å². The second-order valence-electron chi connectivity index (χ2n) is 6.70. The highest BCUT2D eigenvalue weighted by Crippen LogP contribution is 2.16. The van der Waals surface area contributed by atoms with E-state index in [-0.39, 0.29) is 12.0 Å². The molecule has 2 heterocycles. The zero-order chi connectivity index (χ0) is 17.2. The fourth-order valence-electron chi connectivity index (χ4n) is 2.55. The molecule has 0 aliphatic carbocycles. The molecule has 0 spiro atoms. The zero-order valence-electron chi connectivity index (χ0n) is 14.3. The van der Waals surface area contributed by atoms with Crippen LogP contribution in [0.15, 0.2) is 12.3 Å². The van der Waals surface area contributed by atoms with Gasteiger partial charge in [0.1, 0.15) is 11.3 Å². The molecular weight excluding hydrogens is 296 g/mol. The van der Waals surface area contributed by atoms with Crippen LogP contribution in [0.1, 0.15) is 38.2 Å². The first-order valence-electron chi connectivity index (χ1n) is 7.94. The molecule has 1 fully saturated rings. The summed E-state index contributed by atoms with van der Waals surface area (Å²) in [6.07, 6.45) is 1.44. The van der Waals surface area contributed by atoms with Gasteiger partial charge in [-0.1, -0.05) is 0 Å². The van der Waals surface area contributed by atoms with Gasteiger partial charge in [0.2, 0.25) is 0 Å². The average molecular weight is 322 g/mol. The molecule has 128 valence electrons. The lowest BCUT2D eigenvalue weighted by molar-refractivity contribution is 0.0139. The summed E-state index contributed by atoms with van der Waals surface area (Å²) in [5, 5.41) is 0. The Morgan fingerprint density at radius 2 is 1.74 bits per heavy atom. The van der Waals surface area contributed by atoms with E-state index in [1.807, 2.05) is 32.3 Å². The fourth-order valence-corrected chi connectivity index (χ4v) is 2.55. The molecule has 0 radical (unpaired) electrons. The van der Waals surface area contributed by atoms with Gasteiger partial charge >= 0.3 is 6.09 Å². The summed E-state index contributed by atoms with van der Waals surface area (Å²) in [6, 6.07) is 1.70. The maximum atomic E-state index is 12.6. The van der Waals surface area contributed by atoms with Gasteiger partial charge in [-0.2, -0.15) is 0 Å². The van der Waals surface area contributed by atoms with Crippen molar-refractivity contribution in [3.05, 3.63) is 18.0 Å². The summed E-state index contributed by atoms with van der Waals surface area (Å²) in [5.74, 6) is -0.0487. The van der Waals surface area contributed by atoms with Crippen molar-refractivity contribution in [2.24, 2.45) is 0 Å². The Kier molecular flexibility index (Phi) is 4.87. The molecule has 0 aromatic carbocycles. The van der Waals surface area contributed by atoms with Crippen LogP contribution >= 0.6 is 0 Å². The molecule has 1 aromatic rings. The number of anilines is 1. The van der Waals surface area contributed by atoms with Crippen molar-refractivity contribution in [1.82, 2.24) is 14.4 Å². The smallest absolute Gasteiger partial charge is 0.410 e. The van der Waals surface area contributed by atoms with E-state index in [0.29, 0.717) is 44.1 Å². The lowest BCUT2D eigenvalue weighted by atomic mass is 10.2. The predicted molar refractivity (Wildman–Crippen MR) is 88.2 cm³/mol. The van der Waals surface area contributed by atoms with Gasteiger partial charge < -0.3 is 24.8 Å². The molecule has 2 N–H and O–H groups in total. The van der Waals surface area contributed by atoms with E-state index < -0.39 is 5.60 Å². The third kappa shape index (κ3) is 4.18. The zero-order valence-corrected chi connectivity index (χ0v) is 14.3. The van der Waals surface area contributed by atoms with Crippen molar-refractivity contribution in [1.29, 1.82) is 0 Å². The van der Waals surface area contributed by atoms with Crippen LogP contribution in [0, 0.1) is 0 Å². The van der Waals surface area contributed by atoms with Crippen molar-refractivity contribution in [3.63, 3.8) is 0 Å². The van der Waals surface area contributed by atoms with E-state index in [1.54, 1.807) is 22.1 Å². The van der Waals surface area contributed by atoms with Crippen LogP contribution in [0.3, 0.4) is 0 Å². The SMILES string of the molecule is CCn1cc(N)cc1C(=O)N1CCN(C(=O)OC(C)(C)C)CC1. The topological polar surface area (TPSA) is 80.8 Å². The Labute approximate surface area is 137 Å². The molecule has 7 nitrogen and oxygen atoms in total. The number of hydrogen-bond acceptors (Lipinski definition) is 4. The quantitative estimate of drug-likeness (QED) is 0.900. The van der Waals surface area contributed by atoms with E-state index in [4.69, 9.17) is 10.5 Å². The van der Waals surface area contributed by atoms with Crippen molar-refractivity contribution >= 4 is 17.7 Å². The Morgan fingerprint density at radius 3 is 2.26 bits per heavy atom. The third-order valence-corrected chi connectivity index (χ3v) is 3.70. The highest BCUT2D eigenvalue weighted by atomic mass is 16.6. The second-order valence-corrected chi connectivity index (χ2v) is 6.70. The van der Waals surface area contributed by atoms with Crippen molar-refractivity contribution in [2.75, 3.05) is 31.9 Å². The van der Waals surface area contributed by atoms with E-state index >= 15 is 0 Å². The highest BCUT2D eigenvalue weighted by Gasteiger charge is 2.29. The Balaban J connectivity index is 1.96. The number of aromatic nitrogens is 1. The molecule has 7 heteroatoms. The molecular formula is C16H26N4O3. The summed E-state index contributed by atoms with van der Waals surface area (Å²) in [4.78, 5) is 28.0. The Morgan fingerprint density at radius 1 is 1.17 bits per heavy atom. The van der Waals surface area contributed by atoms with Gasteiger partial charge in [-0.3, -0.25) is 4.79 Å². The Hall–Kier alpha value is -2.18. The molecule has 0 unspecified atom stereocenters. The molecule has 2 rings (SSSR count). The standard InChI is InChI=1S/C16H26N4O3/c1-5-18-11-12(17)10-13(18)14(21)19-6-8-20(9-7-19)15(22)23-16(2,3)4/h10-11H,5-9,17H2,1-4H3. The molecule has 0 bridgehead atoms. The van der Waals surface area contributed by atoms with E-state index in [1.165, 1.54) is 0 Å². The van der Waals surface area contributed by atoms with Gasteiger partial charge in [0.15, 0.2) is 0 Å². The van der Waals surface area contributed by atoms with Crippen LogP contribution < -0.4 is 5.73 Å². The molecule has 1 aliphatic rings. The van der Waals surface area contributed by atoms with E-state index in [2.05, 4.69) is 0 Å². The second kappa shape index (κ2) is 6.52. The summed E-state index contributed by atoms with van der Waals surface area (Å²) in [6.45, 7) is 10.1. The number of ether oxygens (including phenoxy) is 1. The van der Waals surface area contributed by atoms with Crippen LogP contribution in [0.4, 0.5) is 10.5 Å². The lowest BCUT2D eigenvalue weighted by Gasteiger charge is -2.35. The van der Waals surface area contributed by atoms with E-state index in [9.17, 15) is 9.59 Å². The van der Waals surface area contributed by atoms with Crippen LogP contribution in [0.25, 0.3) is 0 Å². The van der Waals surface area contributed by atoms with Gasteiger partial charge in [-0.05, 0) is 33.8 Å². The monoisotopic (exact) mass is 322 g/mol. The first-order valence-corrected chi connectivity index (χ1v) is 7.94.